The van der Waals surface area contributed by atoms with Crippen LogP contribution in [0.15, 0.2) is 89.5 Å². The fraction of sp³-hybridized carbons (Fsp3) is 0.111. The number of hydrogen-bond acceptors (Lipinski definition) is 5. The molecule has 0 aliphatic rings. The van der Waals surface area contributed by atoms with Crippen LogP contribution in [0.25, 0.3) is 11.3 Å². The number of rotatable bonds is 8. The largest absolute Gasteiger partial charge is 0.480 e. The topological polar surface area (TPSA) is 134 Å². The number of amides is 3. The Balaban J connectivity index is 1.36. The van der Waals surface area contributed by atoms with E-state index in [-0.39, 0.29) is 18.2 Å². The standard InChI is InChI=1S/C27H24N4O5/c1-17-7-11-20(12-8-17)28-27(35)29-21-13-9-19(10-14-21)22-16-24(36-31-22)25(32)30-23(26(33)34)15-18-5-3-2-4-6-18/h2-14,16,23H,15H2,1H3,(H,30,32)(H,33,34)(H2,28,29,35). The Morgan fingerprint density at radius 2 is 1.50 bits per heavy atom. The van der Waals surface area contributed by atoms with E-state index in [2.05, 4.69) is 21.1 Å². The van der Waals surface area contributed by atoms with Gasteiger partial charge in [-0.25, -0.2) is 9.59 Å². The van der Waals surface area contributed by atoms with Crippen LogP contribution in [0.5, 0.6) is 0 Å². The number of carboxylic acids is 1. The Morgan fingerprint density at radius 1 is 0.889 bits per heavy atom. The molecular formula is C27H24N4O5. The second-order valence-electron chi connectivity index (χ2n) is 8.15. The highest BCUT2D eigenvalue weighted by Gasteiger charge is 2.23. The highest BCUT2D eigenvalue weighted by Crippen LogP contribution is 2.22. The van der Waals surface area contributed by atoms with Crippen molar-refractivity contribution in [1.82, 2.24) is 10.5 Å². The summed E-state index contributed by atoms with van der Waals surface area (Å²) >= 11 is 0. The summed E-state index contributed by atoms with van der Waals surface area (Å²) in [6, 6.07) is 23.2. The molecule has 1 unspecified atom stereocenters. The zero-order valence-corrected chi connectivity index (χ0v) is 19.4. The molecule has 0 aliphatic carbocycles. The van der Waals surface area contributed by atoms with E-state index in [4.69, 9.17) is 4.52 Å². The van der Waals surface area contributed by atoms with E-state index < -0.39 is 17.9 Å². The van der Waals surface area contributed by atoms with E-state index in [1.807, 2.05) is 37.3 Å². The summed E-state index contributed by atoms with van der Waals surface area (Å²) in [6.45, 7) is 1.97. The van der Waals surface area contributed by atoms with Crippen molar-refractivity contribution in [3.8, 4) is 11.3 Å². The molecule has 9 nitrogen and oxygen atoms in total. The molecule has 9 heteroatoms. The second-order valence-corrected chi connectivity index (χ2v) is 8.15. The second kappa shape index (κ2) is 11.0. The highest BCUT2D eigenvalue weighted by molar-refractivity contribution is 6.00. The third-order valence-corrected chi connectivity index (χ3v) is 5.37. The zero-order valence-electron chi connectivity index (χ0n) is 19.4. The molecule has 4 N–H and O–H groups in total. The lowest BCUT2D eigenvalue weighted by Gasteiger charge is -2.13. The first-order valence-electron chi connectivity index (χ1n) is 11.2. The number of urea groups is 1. The van der Waals surface area contributed by atoms with E-state index in [1.165, 1.54) is 6.07 Å². The number of aromatic nitrogens is 1. The summed E-state index contributed by atoms with van der Waals surface area (Å²) in [7, 11) is 0. The molecule has 0 saturated carbocycles. The number of benzene rings is 3. The number of nitrogens with zero attached hydrogens (tertiary/aromatic N) is 1. The molecule has 0 bridgehead atoms. The SMILES string of the molecule is Cc1ccc(NC(=O)Nc2ccc(-c3cc(C(=O)NC(Cc4ccccc4)C(=O)O)on3)cc2)cc1. The van der Waals surface area contributed by atoms with Gasteiger partial charge in [-0.1, -0.05) is 65.3 Å². The number of nitrogens with one attached hydrogen (secondary N) is 3. The van der Waals surface area contributed by atoms with E-state index in [1.54, 1.807) is 48.5 Å². The van der Waals surface area contributed by atoms with Crippen LogP contribution < -0.4 is 16.0 Å². The quantitative estimate of drug-likeness (QED) is 0.286. The molecule has 4 aromatic rings. The maximum Gasteiger partial charge on any atom is 0.326 e. The van der Waals surface area contributed by atoms with Crippen molar-refractivity contribution in [3.63, 3.8) is 0 Å². The first-order valence-corrected chi connectivity index (χ1v) is 11.2. The first-order chi connectivity index (χ1) is 17.4. The number of carbonyl (C=O) groups is 3. The van der Waals surface area contributed by atoms with Crippen LogP contribution in [0.1, 0.15) is 21.7 Å². The van der Waals surface area contributed by atoms with Gasteiger partial charge in [0.15, 0.2) is 0 Å². The summed E-state index contributed by atoms with van der Waals surface area (Å²) in [5.41, 5.74) is 4.17. The molecule has 3 amide bonds. The lowest BCUT2D eigenvalue weighted by Crippen LogP contribution is -2.42. The molecule has 0 aliphatic heterocycles. The summed E-state index contributed by atoms with van der Waals surface area (Å²) in [4.78, 5) is 36.4. The van der Waals surface area contributed by atoms with E-state index >= 15 is 0 Å². The molecule has 1 aromatic heterocycles. The molecule has 1 heterocycles. The van der Waals surface area contributed by atoms with Gasteiger partial charge in [0.1, 0.15) is 11.7 Å². The third-order valence-electron chi connectivity index (χ3n) is 5.37. The predicted molar refractivity (Wildman–Crippen MR) is 135 cm³/mol. The first kappa shape index (κ1) is 24.2. The summed E-state index contributed by atoms with van der Waals surface area (Å²) in [5, 5.41) is 21.4. The maximum absolute atomic E-state index is 12.6. The summed E-state index contributed by atoms with van der Waals surface area (Å²) in [6.07, 6.45) is 0.134. The van der Waals surface area contributed by atoms with Crippen molar-refractivity contribution in [2.24, 2.45) is 0 Å². The minimum atomic E-state index is -1.15. The normalized spacial score (nSPS) is 11.4. The lowest BCUT2D eigenvalue weighted by molar-refractivity contribution is -0.139. The predicted octanol–water partition coefficient (Wildman–Crippen LogP) is 4.72. The van der Waals surface area contributed by atoms with Crippen molar-refractivity contribution in [2.75, 3.05) is 10.6 Å². The smallest absolute Gasteiger partial charge is 0.326 e. The van der Waals surface area contributed by atoms with Crippen molar-refractivity contribution in [3.05, 3.63) is 102 Å². The molecule has 3 aromatic carbocycles. The lowest BCUT2D eigenvalue weighted by atomic mass is 10.1. The Morgan fingerprint density at radius 3 is 2.11 bits per heavy atom. The van der Waals surface area contributed by atoms with Gasteiger partial charge in [-0.2, -0.15) is 0 Å². The Labute approximate surface area is 207 Å². The van der Waals surface area contributed by atoms with Crippen LogP contribution in [0, 0.1) is 6.92 Å². The molecule has 0 radical (unpaired) electrons. The van der Waals surface area contributed by atoms with Gasteiger partial charge in [-0.3, -0.25) is 4.79 Å². The van der Waals surface area contributed by atoms with Gasteiger partial charge < -0.3 is 25.6 Å². The molecule has 4 rings (SSSR count). The number of aryl methyl sites for hydroxylation is 1. The Kier molecular flexibility index (Phi) is 7.40. The van der Waals surface area contributed by atoms with E-state index in [0.29, 0.717) is 22.6 Å². The van der Waals surface area contributed by atoms with Crippen LogP contribution in [0.2, 0.25) is 0 Å². The average Bonchev–Trinajstić information content (AvgIpc) is 3.37. The molecule has 36 heavy (non-hydrogen) atoms. The zero-order chi connectivity index (χ0) is 25.5. The number of anilines is 2. The minimum Gasteiger partial charge on any atom is -0.480 e. The third kappa shape index (κ3) is 6.35. The highest BCUT2D eigenvalue weighted by atomic mass is 16.5. The van der Waals surface area contributed by atoms with Gasteiger partial charge in [0.05, 0.1) is 0 Å². The van der Waals surface area contributed by atoms with Crippen molar-refractivity contribution < 1.29 is 24.0 Å². The Bertz CT molecular complexity index is 1350. The summed E-state index contributed by atoms with van der Waals surface area (Å²) in [5.74, 6) is -1.94. The Hall–Kier alpha value is -4.92. The molecule has 0 fully saturated rings. The van der Waals surface area contributed by atoms with Crippen LogP contribution in [-0.2, 0) is 11.2 Å². The monoisotopic (exact) mass is 484 g/mol. The molecule has 1 atom stereocenters. The fourth-order valence-corrected chi connectivity index (χ4v) is 3.45. The summed E-state index contributed by atoms with van der Waals surface area (Å²) < 4.78 is 5.15. The van der Waals surface area contributed by atoms with Crippen LogP contribution in [-0.4, -0.2) is 34.2 Å². The van der Waals surface area contributed by atoms with Gasteiger partial charge in [-0.05, 0) is 36.8 Å². The van der Waals surface area contributed by atoms with E-state index in [9.17, 15) is 19.5 Å². The van der Waals surface area contributed by atoms with Gasteiger partial charge in [0.25, 0.3) is 5.91 Å². The van der Waals surface area contributed by atoms with Gasteiger partial charge in [0.2, 0.25) is 5.76 Å². The molecular weight excluding hydrogens is 460 g/mol. The van der Waals surface area contributed by atoms with E-state index in [0.717, 1.165) is 11.1 Å². The van der Waals surface area contributed by atoms with Crippen LogP contribution >= 0.6 is 0 Å². The number of aliphatic carboxylic acids is 1. The maximum atomic E-state index is 12.6. The van der Waals surface area contributed by atoms with Crippen molar-refractivity contribution in [2.45, 2.75) is 19.4 Å². The molecule has 0 saturated heterocycles. The number of carboxylic acid groups (broad SMARTS) is 1. The van der Waals surface area contributed by atoms with Crippen LogP contribution in [0.4, 0.5) is 16.2 Å². The van der Waals surface area contributed by atoms with Crippen LogP contribution in [0.3, 0.4) is 0 Å². The van der Waals surface area contributed by atoms with Gasteiger partial charge >= 0.3 is 12.0 Å². The average molecular weight is 485 g/mol. The molecule has 0 spiro atoms. The number of hydrogen-bond donors (Lipinski definition) is 4. The number of carbonyl (C=O) groups excluding carboxylic acids is 2. The van der Waals surface area contributed by atoms with Gasteiger partial charge in [0, 0.05) is 29.4 Å². The fourth-order valence-electron chi connectivity index (χ4n) is 3.45. The van der Waals surface area contributed by atoms with Crippen molar-refractivity contribution >= 4 is 29.3 Å². The van der Waals surface area contributed by atoms with Crippen molar-refractivity contribution in [1.29, 1.82) is 0 Å². The van der Waals surface area contributed by atoms with Gasteiger partial charge in [-0.15, -0.1) is 0 Å². The minimum absolute atomic E-state index is 0.107. The molecule has 182 valence electrons.